The van der Waals surface area contributed by atoms with Crippen LogP contribution in [0.4, 0.5) is 5.69 Å². The third-order valence-corrected chi connectivity index (χ3v) is 7.97. The number of nitrogens with one attached hydrogen (secondary N) is 1. The molecule has 2 aromatic carbocycles. The Morgan fingerprint density at radius 3 is 2.38 bits per heavy atom. The van der Waals surface area contributed by atoms with Crippen LogP contribution in [-0.2, 0) is 21.9 Å². The van der Waals surface area contributed by atoms with Gasteiger partial charge in [-0.2, -0.15) is 4.31 Å². The molecule has 3 aromatic rings. The average Bonchev–Trinajstić information content (AvgIpc) is 3.07. The molecule has 0 spiro atoms. The summed E-state index contributed by atoms with van der Waals surface area (Å²) >= 11 is 0. The summed E-state index contributed by atoms with van der Waals surface area (Å²) in [6.07, 6.45) is 0.885. The molecule has 0 saturated carbocycles. The Labute approximate surface area is 186 Å². The maximum Gasteiger partial charge on any atom is 0.419 e. The van der Waals surface area contributed by atoms with E-state index in [1.54, 1.807) is 13.1 Å². The molecule has 1 aliphatic heterocycles. The summed E-state index contributed by atoms with van der Waals surface area (Å²) in [4.78, 5) is 24.4. The molecule has 1 aliphatic rings. The Kier molecular flexibility index (Phi) is 5.96. The molecule has 4 rings (SSSR count). The number of amides is 1. The molecule has 1 saturated heterocycles. The van der Waals surface area contributed by atoms with Crippen molar-refractivity contribution in [1.29, 1.82) is 0 Å². The van der Waals surface area contributed by atoms with Crippen molar-refractivity contribution in [2.45, 2.75) is 37.5 Å². The fourth-order valence-electron chi connectivity index (χ4n) is 3.98. The Bertz CT molecular complexity index is 1300. The molecule has 0 unspecified atom stereocenters. The third kappa shape index (κ3) is 4.22. The molecule has 0 radical (unpaired) electrons. The summed E-state index contributed by atoms with van der Waals surface area (Å²) in [5, 5.41) is 2.94. The highest BCUT2D eigenvalue weighted by Crippen LogP contribution is 2.27. The first kappa shape index (κ1) is 22.3. The fraction of sp³-hybridized carbons (Fsp3) is 0.391. The van der Waals surface area contributed by atoms with Gasteiger partial charge in [-0.3, -0.25) is 9.36 Å². The molecule has 0 bridgehead atoms. The SMILES string of the molecule is CC(C)c1ccc(NC(=O)C2CCN(S(=O)(=O)c3ccc4c(c3)oc(=O)n4C)CC2)cc1. The summed E-state index contributed by atoms with van der Waals surface area (Å²) in [5.41, 5.74) is 2.71. The summed E-state index contributed by atoms with van der Waals surface area (Å²) in [6, 6.07) is 12.2. The van der Waals surface area contributed by atoms with Gasteiger partial charge in [0.25, 0.3) is 0 Å². The van der Waals surface area contributed by atoms with Crippen LogP contribution in [0.3, 0.4) is 0 Å². The van der Waals surface area contributed by atoms with Crippen molar-refractivity contribution < 1.29 is 17.6 Å². The van der Waals surface area contributed by atoms with Crippen molar-refractivity contribution in [3.8, 4) is 0 Å². The number of hydrogen-bond donors (Lipinski definition) is 1. The summed E-state index contributed by atoms with van der Waals surface area (Å²) < 4.78 is 34.0. The number of carbonyl (C=O) groups excluding carboxylic acids is 1. The van der Waals surface area contributed by atoms with Crippen LogP contribution in [0.1, 0.15) is 38.2 Å². The minimum atomic E-state index is -3.75. The van der Waals surface area contributed by atoms with Crippen LogP contribution in [0.2, 0.25) is 0 Å². The second-order valence-corrected chi connectivity index (χ2v) is 10.4. The quantitative estimate of drug-likeness (QED) is 0.633. The van der Waals surface area contributed by atoms with Gasteiger partial charge in [0.1, 0.15) is 0 Å². The number of rotatable bonds is 5. The summed E-state index contributed by atoms with van der Waals surface area (Å²) in [6.45, 7) is 4.74. The zero-order chi connectivity index (χ0) is 23.0. The molecule has 1 fully saturated rings. The van der Waals surface area contributed by atoms with Crippen LogP contribution in [0, 0.1) is 5.92 Å². The van der Waals surface area contributed by atoms with Gasteiger partial charge in [-0.15, -0.1) is 0 Å². The minimum absolute atomic E-state index is 0.0764. The number of piperidine rings is 1. The number of carbonyl (C=O) groups is 1. The van der Waals surface area contributed by atoms with Crippen LogP contribution in [0.15, 0.2) is 56.6 Å². The van der Waals surface area contributed by atoms with Crippen molar-refractivity contribution in [2.24, 2.45) is 13.0 Å². The van der Waals surface area contributed by atoms with E-state index < -0.39 is 15.8 Å². The van der Waals surface area contributed by atoms with E-state index in [1.807, 2.05) is 24.3 Å². The van der Waals surface area contributed by atoms with Crippen molar-refractivity contribution in [2.75, 3.05) is 18.4 Å². The normalized spacial score (nSPS) is 16.0. The molecule has 0 atom stereocenters. The lowest BCUT2D eigenvalue weighted by Gasteiger charge is -2.30. The van der Waals surface area contributed by atoms with Crippen LogP contribution in [0.5, 0.6) is 0 Å². The molecule has 1 aromatic heterocycles. The fourth-order valence-corrected chi connectivity index (χ4v) is 5.46. The van der Waals surface area contributed by atoms with E-state index >= 15 is 0 Å². The van der Waals surface area contributed by atoms with Crippen molar-refractivity contribution in [3.05, 3.63) is 58.6 Å². The molecule has 1 N–H and O–H groups in total. The van der Waals surface area contributed by atoms with E-state index in [1.165, 1.54) is 26.6 Å². The van der Waals surface area contributed by atoms with Crippen molar-refractivity contribution >= 4 is 32.7 Å². The third-order valence-electron chi connectivity index (χ3n) is 6.07. The smallest absolute Gasteiger partial charge is 0.408 e. The molecular formula is C23H27N3O5S. The van der Waals surface area contributed by atoms with Gasteiger partial charge in [0.2, 0.25) is 15.9 Å². The number of nitrogens with zero attached hydrogens (tertiary/aromatic N) is 2. The Hall–Kier alpha value is -2.91. The Morgan fingerprint density at radius 2 is 1.75 bits per heavy atom. The first-order valence-corrected chi connectivity index (χ1v) is 12.1. The average molecular weight is 458 g/mol. The molecular weight excluding hydrogens is 430 g/mol. The number of aryl methyl sites for hydroxylation is 1. The van der Waals surface area contributed by atoms with E-state index in [9.17, 15) is 18.0 Å². The van der Waals surface area contributed by atoms with Gasteiger partial charge >= 0.3 is 5.76 Å². The molecule has 2 heterocycles. The topological polar surface area (TPSA) is 102 Å². The number of fused-ring (bicyclic) bond motifs is 1. The van der Waals surface area contributed by atoms with E-state index in [4.69, 9.17) is 4.42 Å². The number of aromatic nitrogens is 1. The first-order chi connectivity index (χ1) is 15.2. The van der Waals surface area contributed by atoms with Gasteiger partial charge in [0, 0.05) is 37.8 Å². The van der Waals surface area contributed by atoms with E-state index in [-0.39, 0.29) is 35.4 Å². The lowest BCUT2D eigenvalue weighted by Crippen LogP contribution is -2.41. The van der Waals surface area contributed by atoms with Gasteiger partial charge in [0.15, 0.2) is 5.58 Å². The highest BCUT2D eigenvalue weighted by atomic mass is 32.2. The zero-order valence-corrected chi connectivity index (χ0v) is 19.2. The highest BCUT2D eigenvalue weighted by molar-refractivity contribution is 7.89. The molecule has 8 nitrogen and oxygen atoms in total. The molecule has 1 amide bonds. The van der Waals surface area contributed by atoms with Gasteiger partial charge in [-0.1, -0.05) is 26.0 Å². The second kappa shape index (κ2) is 8.55. The number of anilines is 1. The molecule has 170 valence electrons. The Balaban J connectivity index is 1.41. The predicted molar refractivity (Wildman–Crippen MR) is 122 cm³/mol. The predicted octanol–water partition coefficient (Wildman–Crippen LogP) is 3.29. The lowest BCUT2D eigenvalue weighted by atomic mass is 9.97. The standard InChI is InChI=1S/C23H27N3O5S/c1-15(2)16-4-6-18(7-5-16)24-22(27)17-10-12-26(13-11-17)32(29,30)19-8-9-20-21(14-19)31-23(28)25(20)3/h4-9,14-15,17H,10-13H2,1-3H3,(H,24,27). The van der Waals surface area contributed by atoms with Crippen LogP contribution >= 0.6 is 0 Å². The molecule has 9 heteroatoms. The lowest BCUT2D eigenvalue weighted by molar-refractivity contribution is -0.120. The number of oxazole rings is 1. The zero-order valence-electron chi connectivity index (χ0n) is 18.4. The molecule has 0 aliphatic carbocycles. The van der Waals surface area contributed by atoms with E-state index in [2.05, 4.69) is 19.2 Å². The minimum Gasteiger partial charge on any atom is -0.408 e. The Morgan fingerprint density at radius 1 is 1.09 bits per heavy atom. The van der Waals surface area contributed by atoms with Crippen LogP contribution in [0.25, 0.3) is 11.1 Å². The summed E-state index contributed by atoms with van der Waals surface area (Å²) in [5.74, 6) is -0.461. The van der Waals surface area contributed by atoms with E-state index in [0.29, 0.717) is 24.3 Å². The monoisotopic (exact) mass is 457 g/mol. The number of sulfonamides is 1. The highest BCUT2D eigenvalue weighted by Gasteiger charge is 2.32. The number of hydrogen-bond acceptors (Lipinski definition) is 5. The second-order valence-electron chi connectivity index (χ2n) is 8.50. The van der Waals surface area contributed by atoms with Gasteiger partial charge in [-0.05, 0) is 48.6 Å². The maximum atomic E-state index is 13.1. The van der Waals surface area contributed by atoms with Crippen molar-refractivity contribution in [3.63, 3.8) is 0 Å². The van der Waals surface area contributed by atoms with Gasteiger partial charge < -0.3 is 9.73 Å². The van der Waals surface area contributed by atoms with Crippen molar-refractivity contribution in [1.82, 2.24) is 8.87 Å². The largest absolute Gasteiger partial charge is 0.419 e. The first-order valence-electron chi connectivity index (χ1n) is 10.7. The maximum absolute atomic E-state index is 13.1. The van der Waals surface area contributed by atoms with Crippen LogP contribution in [-0.4, -0.2) is 36.3 Å². The number of benzene rings is 2. The summed E-state index contributed by atoms with van der Waals surface area (Å²) in [7, 11) is -2.18. The van der Waals surface area contributed by atoms with E-state index in [0.717, 1.165) is 5.69 Å². The van der Waals surface area contributed by atoms with Gasteiger partial charge in [-0.25, -0.2) is 13.2 Å². The van der Waals surface area contributed by atoms with Gasteiger partial charge in [0.05, 0.1) is 10.4 Å². The molecule has 32 heavy (non-hydrogen) atoms. The van der Waals surface area contributed by atoms with Crippen LogP contribution < -0.4 is 11.1 Å².